The number of aryl methyl sites for hydroxylation is 1. The number of hydrogen-bond donors (Lipinski definition) is 0. The van der Waals surface area contributed by atoms with E-state index in [4.69, 9.17) is 5.26 Å². The number of carbonyl (C=O) groups is 1. The van der Waals surface area contributed by atoms with Gasteiger partial charge in [-0.25, -0.2) is 13.4 Å². The third-order valence-corrected chi connectivity index (χ3v) is 6.22. The van der Waals surface area contributed by atoms with Gasteiger partial charge in [0, 0.05) is 31.9 Å². The molecule has 0 atom stereocenters. The van der Waals surface area contributed by atoms with Gasteiger partial charge < -0.3 is 4.90 Å². The first-order valence-corrected chi connectivity index (χ1v) is 9.59. The lowest BCUT2D eigenvalue weighted by Gasteiger charge is -2.34. The normalized spacial score (nSPS) is 15.5. The minimum absolute atomic E-state index is 0.00243. The standard InChI is InChI=1S/C18H18N4O3S/c1-14-5-4-7-16(20-14)18(23)21-9-11-22(12-10-21)26(24,25)17-8-3-2-6-15(17)13-19/h2-8H,9-12H2,1H3. The van der Waals surface area contributed by atoms with E-state index in [1.165, 1.54) is 16.4 Å². The smallest absolute Gasteiger partial charge is 0.272 e. The van der Waals surface area contributed by atoms with Gasteiger partial charge in [-0.3, -0.25) is 4.79 Å². The van der Waals surface area contributed by atoms with Crippen molar-refractivity contribution in [2.45, 2.75) is 11.8 Å². The first-order chi connectivity index (χ1) is 12.4. The molecule has 3 rings (SSSR count). The molecule has 1 aromatic heterocycles. The van der Waals surface area contributed by atoms with Gasteiger partial charge in [0.05, 0.1) is 10.5 Å². The Balaban J connectivity index is 1.74. The fourth-order valence-electron chi connectivity index (χ4n) is 2.88. The van der Waals surface area contributed by atoms with Gasteiger partial charge in [-0.05, 0) is 31.2 Å². The predicted molar refractivity (Wildman–Crippen MR) is 94.8 cm³/mol. The lowest BCUT2D eigenvalue weighted by molar-refractivity contribution is 0.0691. The molecule has 0 bridgehead atoms. The molecule has 7 nitrogen and oxygen atoms in total. The molecule has 0 unspecified atom stereocenters. The van der Waals surface area contributed by atoms with Crippen molar-refractivity contribution in [2.75, 3.05) is 26.2 Å². The molecule has 0 saturated carbocycles. The highest BCUT2D eigenvalue weighted by atomic mass is 32.2. The largest absolute Gasteiger partial charge is 0.335 e. The van der Waals surface area contributed by atoms with Crippen molar-refractivity contribution >= 4 is 15.9 Å². The SMILES string of the molecule is Cc1cccc(C(=O)N2CCN(S(=O)(=O)c3ccccc3C#N)CC2)n1. The summed E-state index contributed by atoms with van der Waals surface area (Å²) in [4.78, 5) is 18.4. The molecule has 26 heavy (non-hydrogen) atoms. The first-order valence-electron chi connectivity index (χ1n) is 8.15. The van der Waals surface area contributed by atoms with Crippen LogP contribution in [0.1, 0.15) is 21.7 Å². The number of rotatable bonds is 3. The highest BCUT2D eigenvalue weighted by molar-refractivity contribution is 7.89. The van der Waals surface area contributed by atoms with Gasteiger partial charge in [-0.15, -0.1) is 0 Å². The number of piperazine rings is 1. The van der Waals surface area contributed by atoms with E-state index in [9.17, 15) is 13.2 Å². The maximum atomic E-state index is 12.8. The molecule has 2 heterocycles. The number of carbonyl (C=O) groups excluding carboxylic acids is 1. The molecule has 0 spiro atoms. The third kappa shape index (κ3) is 3.45. The lowest BCUT2D eigenvalue weighted by Crippen LogP contribution is -2.50. The zero-order valence-corrected chi connectivity index (χ0v) is 15.1. The van der Waals surface area contributed by atoms with Crippen molar-refractivity contribution in [1.82, 2.24) is 14.2 Å². The monoisotopic (exact) mass is 370 g/mol. The molecular formula is C18H18N4O3S. The highest BCUT2D eigenvalue weighted by Gasteiger charge is 2.32. The van der Waals surface area contributed by atoms with E-state index in [1.54, 1.807) is 29.2 Å². The van der Waals surface area contributed by atoms with E-state index in [0.717, 1.165) is 5.69 Å². The van der Waals surface area contributed by atoms with Crippen LogP contribution in [0.4, 0.5) is 0 Å². The van der Waals surface area contributed by atoms with Crippen LogP contribution in [0.25, 0.3) is 0 Å². The number of nitrogens with zero attached hydrogens (tertiary/aromatic N) is 4. The number of amides is 1. The average molecular weight is 370 g/mol. The fourth-order valence-corrected chi connectivity index (χ4v) is 4.44. The second kappa shape index (κ2) is 7.23. The Morgan fingerprint density at radius 3 is 2.42 bits per heavy atom. The Hall–Kier alpha value is -2.76. The number of hydrogen-bond acceptors (Lipinski definition) is 5. The third-order valence-electron chi connectivity index (χ3n) is 4.26. The average Bonchev–Trinajstić information content (AvgIpc) is 2.67. The minimum atomic E-state index is -3.77. The number of sulfonamides is 1. The molecular weight excluding hydrogens is 352 g/mol. The van der Waals surface area contributed by atoms with Crippen LogP contribution in [-0.4, -0.2) is 54.7 Å². The summed E-state index contributed by atoms with van der Waals surface area (Å²) in [6, 6.07) is 13.3. The molecule has 1 aliphatic heterocycles. The zero-order chi connectivity index (χ0) is 18.7. The summed E-state index contributed by atoms with van der Waals surface area (Å²) in [6.45, 7) is 2.73. The first kappa shape index (κ1) is 18.0. The number of pyridine rings is 1. The Kier molecular flexibility index (Phi) is 5.02. The summed E-state index contributed by atoms with van der Waals surface area (Å²) in [6.07, 6.45) is 0. The molecule has 8 heteroatoms. The van der Waals surface area contributed by atoms with E-state index in [-0.39, 0.29) is 42.5 Å². The molecule has 1 aromatic carbocycles. The van der Waals surface area contributed by atoms with Crippen molar-refractivity contribution in [3.63, 3.8) is 0 Å². The zero-order valence-electron chi connectivity index (χ0n) is 14.3. The maximum Gasteiger partial charge on any atom is 0.272 e. The van der Waals surface area contributed by atoms with Crippen molar-refractivity contribution in [2.24, 2.45) is 0 Å². The summed E-state index contributed by atoms with van der Waals surface area (Å²) in [5.74, 6) is -0.205. The Morgan fingerprint density at radius 1 is 1.08 bits per heavy atom. The predicted octanol–water partition coefficient (Wildman–Crippen LogP) is 1.41. The van der Waals surface area contributed by atoms with Gasteiger partial charge in [0.1, 0.15) is 11.8 Å². The van der Waals surface area contributed by atoms with Gasteiger partial charge in [0.2, 0.25) is 10.0 Å². The molecule has 1 aliphatic rings. The van der Waals surface area contributed by atoms with Gasteiger partial charge >= 0.3 is 0 Å². The van der Waals surface area contributed by atoms with Crippen LogP contribution in [0.15, 0.2) is 47.4 Å². The van der Waals surface area contributed by atoms with Crippen LogP contribution in [0.3, 0.4) is 0 Å². The molecule has 1 saturated heterocycles. The minimum Gasteiger partial charge on any atom is -0.335 e. The van der Waals surface area contributed by atoms with Crippen molar-refractivity contribution < 1.29 is 13.2 Å². The van der Waals surface area contributed by atoms with E-state index in [0.29, 0.717) is 5.69 Å². The quantitative estimate of drug-likeness (QED) is 0.814. The van der Waals surface area contributed by atoms with E-state index in [2.05, 4.69) is 4.98 Å². The Morgan fingerprint density at radius 2 is 1.77 bits per heavy atom. The second-order valence-corrected chi connectivity index (χ2v) is 7.87. The van der Waals surface area contributed by atoms with Gasteiger partial charge in [-0.1, -0.05) is 18.2 Å². The second-order valence-electron chi connectivity index (χ2n) is 5.97. The molecule has 0 aliphatic carbocycles. The van der Waals surface area contributed by atoms with Gasteiger partial charge in [0.25, 0.3) is 5.91 Å². The van der Waals surface area contributed by atoms with Crippen molar-refractivity contribution in [3.8, 4) is 6.07 Å². The molecule has 0 N–H and O–H groups in total. The van der Waals surface area contributed by atoms with Crippen molar-refractivity contribution in [1.29, 1.82) is 5.26 Å². The van der Waals surface area contributed by atoms with Gasteiger partial charge in [0.15, 0.2) is 0 Å². The number of benzene rings is 1. The summed E-state index contributed by atoms with van der Waals surface area (Å²) >= 11 is 0. The summed E-state index contributed by atoms with van der Waals surface area (Å²) in [7, 11) is -3.77. The number of aromatic nitrogens is 1. The van der Waals surface area contributed by atoms with Crippen LogP contribution in [-0.2, 0) is 10.0 Å². The Bertz CT molecular complexity index is 974. The molecule has 2 aromatic rings. The fraction of sp³-hybridized carbons (Fsp3) is 0.278. The van der Waals surface area contributed by atoms with E-state index < -0.39 is 10.0 Å². The molecule has 1 amide bonds. The topological polar surface area (TPSA) is 94.4 Å². The van der Waals surface area contributed by atoms with Gasteiger partial charge in [-0.2, -0.15) is 9.57 Å². The van der Waals surface area contributed by atoms with Crippen molar-refractivity contribution in [3.05, 3.63) is 59.4 Å². The molecule has 1 fully saturated rings. The van der Waals surface area contributed by atoms with Crippen LogP contribution < -0.4 is 0 Å². The molecule has 0 radical (unpaired) electrons. The van der Waals surface area contributed by atoms with Crippen LogP contribution in [0.2, 0.25) is 0 Å². The summed E-state index contributed by atoms with van der Waals surface area (Å²) in [5.41, 5.74) is 1.23. The summed E-state index contributed by atoms with van der Waals surface area (Å²) in [5, 5.41) is 9.15. The van der Waals surface area contributed by atoms with Crippen LogP contribution in [0, 0.1) is 18.3 Å². The highest BCUT2D eigenvalue weighted by Crippen LogP contribution is 2.21. The van der Waals surface area contributed by atoms with E-state index in [1.807, 2.05) is 19.1 Å². The van der Waals surface area contributed by atoms with Crippen LogP contribution >= 0.6 is 0 Å². The van der Waals surface area contributed by atoms with E-state index >= 15 is 0 Å². The summed E-state index contributed by atoms with van der Waals surface area (Å²) < 4.78 is 27.0. The number of nitriles is 1. The lowest BCUT2D eigenvalue weighted by atomic mass is 10.2. The maximum absolute atomic E-state index is 12.8. The molecule has 134 valence electrons. The Labute approximate surface area is 152 Å². The van der Waals surface area contributed by atoms with Crippen LogP contribution in [0.5, 0.6) is 0 Å².